The van der Waals surface area contributed by atoms with Crippen LogP contribution >= 0.6 is 0 Å². The van der Waals surface area contributed by atoms with Gasteiger partial charge in [0.25, 0.3) is 0 Å². The Morgan fingerprint density at radius 2 is 2.47 bits per heavy atom. The third-order valence-electron chi connectivity index (χ3n) is 2.42. The molecule has 0 aromatic carbocycles. The van der Waals surface area contributed by atoms with Crippen molar-refractivity contribution in [3.05, 3.63) is 11.3 Å². The Bertz CT molecular complexity index is 462. The maximum absolute atomic E-state index is 11.4. The standard InChI is InChI=1S/C9H12N6O2/c16-5-11-4-12-9(17)13-8-6-3-10-2-1-7(6)14-15-8/h10H,1-4H2,(H3,12,13,14,15,17). The molecule has 0 bridgehead atoms. The minimum atomic E-state index is -0.455. The Hall–Kier alpha value is -2.18. The summed E-state index contributed by atoms with van der Waals surface area (Å²) in [5.41, 5.74) is 2.00. The van der Waals surface area contributed by atoms with E-state index >= 15 is 0 Å². The smallest absolute Gasteiger partial charge is 0.318 e. The molecule has 8 nitrogen and oxygen atoms in total. The van der Waals surface area contributed by atoms with Gasteiger partial charge >= 0.3 is 6.03 Å². The van der Waals surface area contributed by atoms with Crippen LogP contribution in [0.5, 0.6) is 0 Å². The van der Waals surface area contributed by atoms with Crippen LogP contribution < -0.4 is 16.0 Å². The number of H-pyrrole nitrogens is 1. The fourth-order valence-electron chi connectivity index (χ4n) is 1.62. The van der Waals surface area contributed by atoms with Gasteiger partial charge in [0.2, 0.25) is 6.08 Å². The lowest BCUT2D eigenvalue weighted by atomic mass is 10.1. The molecule has 1 aliphatic heterocycles. The summed E-state index contributed by atoms with van der Waals surface area (Å²) in [5, 5.41) is 15.1. The topological polar surface area (TPSA) is 111 Å². The molecule has 0 saturated heterocycles. The van der Waals surface area contributed by atoms with Crippen molar-refractivity contribution < 1.29 is 9.59 Å². The summed E-state index contributed by atoms with van der Waals surface area (Å²) < 4.78 is 0. The van der Waals surface area contributed by atoms with Gasteiger partial charge in [-0.05, 0) is 0 Å². The minimum Gasteiger partial charge on any atom is -0.318 e. The van der Waals surface area contributed by atoms with Crippen LogP contribution in [0.1, 0.15) is 11.3 Å². The number of hydrogen-bond acceptors (Lipinski definition) is 5. The molecule has 0 atom stereocenters. The lowest BCUT2D eigenvalue weighted by Crippen LogP contribution is -2.30. The molecule has 8 heteroatoms. The lowest BCUT2D eigenvalue weighted by Gasteiger charge is -2.13. The quantitative estimate of drug-likeness (QED) is 0.417. The first-order valence-corrected chi connectivity index (χ1v) is 5.16. The molecule has 0 spiro atoms. The molecule has 2 rings (SSSR count). The van der Waals surface area contributed by atoms with Crippen molar-refractivity contribution in [3.63, 3.8) is 0 Å². The van der Waals surface area contributed by atoms with Crippen LogP contribution in [0.3, 0.4) is 0 Å². The largest absolute Gasteiger partial charge is 0.321 e. The third-order valence-corrected chi connectivity index (χ3v) is 2.42. The molecule has 2 heterocycles. The van der Waals surface area contributed by atoms with Crippen molar-refractivity contribution >= 4 is 17.9 Å². The van der Waals surface area contributed by atoms with Gasteiger partial charge in [-0.1, -0.05) is 0 Å². The Labute approximate surface area is 96.9 Å². The molecule has 17 heavy (non-hydrogen) atoms. The first-order chi connectivity index (χ1) is 8.31. The number of fused-ring (bicyclic) bond motifs is 1. The number of carbonyl (C=O) groups is 1. The van der Waals surface area contributed by atoms with Crippen LogP contribution in [0, 0.1) is 0 Å². The summed E-state index contributed by atoms with van der Waals surface area (Å²) in [4.78, 5) is 24.4. The van der Waals surface area contributed by atoms with Crippen LogP contribution in [-0.2, 0) is 17.8 Å². The van der Waals surface area contributed by atoms with Gasteiger partial charge in [0.15, 0.2) is 5.82 Å². The first-order valence-electron chi connectivity index (χ1n) is 5.16. The average Bonchev–Trinajstić information content (AvgIpc) is 2.73. The van der Waals surface area contributed by atoms with Crippen LogP contribution in [-0.4, -0.2) is 35.5 Å². The predicted molar refractivity (Wildman–Crippen MR) is 59.1 cm³/mol. The van der Waals surface area contributed by atoms with Gasteiger partial charge in [-0.2, -0.15) is 10.1 Å². The molecular formula is C9H12N6O2. The Kier molecular flexibility index (Phi) is 3.49. The second kappa shape index (κ2) is 5.24. The number of anilines is 1. The summed E-state index contributed by atoms with van der Waals surface area (Å²) in [6, 6.07) is -0.455. The highest BCUT2D eigenvalue weighted by atomic mass is 16.2. The minimum absolute atomic E-state index is 0.0970. The maximum atomic E-state index is 11.4. The van der Waals surface area contributed by atoms with E-state index in [0.29, 0.717) is 12.4 Å². The van der Waals surface area contributed by atoms with Crippen molar-refractivity contribution in [2.45, 2.75) is 13.0 Å². The fourth-order valence-corrected chi connectivity index (χ4v) is 1.62. The molecular weight excluding hydrogens is 224 g/mol. The Balaban J connectivity index is 1.96. The molecule has 0 radical (unpaired) electrons. The Morgan fingerprint density at radius 1 is 1.59 bits per heavy atom. The predicted octanol–water partition coefficient (Wildman–Crippen LogP) is -0.530. The summed E-state index contributed by atoms with van der Waals surface area (Å²) in [7, 11) is 0. The molecule has 1 aromatic rings. The number of carbonyl (C=O) groups excluding carboxylic acids is 2. The zero-order valence-corrected chi connectivity index (χ0v) is 9.04. The fraction of sp³-hybridized carbons (Fsp3) is 0.444. The average molecular weight is 236 g/mol. The van der Waals surface area contributed by atoms with E-state index in [0.717, 1.165) is 24.2 Å². The van der Waals surface area contributed by atoms with Crippen LogP contribution in [0.25, 0.3) is 0 Å². The summed E-state index contributed by atoms with van der Waals surface area (Å²) in [6.07, 6.45) is 2.19. The van der Waals surface area contributed by atoms with E-state index in [1.807, 2.05) is 0 Å². The molecule has 1 aliphatic rings. The number of aromatic nitrogens is 2. The van der Waals surface area contributed by atoms with Crippen LogP contribution in [0.2, 0.25) is 0 Å². The van der Waals surface area contributed by atoms with Crippen LogP contribution in [0.4, 0.5) is 10.6 Å². The molecule has 0 aliphatic carbocycles. The second-order valence-electron chi connectivity index (χ2n) is 3.49. The molecule has 90 valence electrons. The number of urea groups is 1. The lowest BCUT2D eigenvalue weighted by molar-refractivity contribution is 0.252. The van der Waals surface area contributed by atoms with Gasteiger partial charge in [-0.25, -0.2) is 9.59 Å². The number of nitrogens with one attached hydrogen (secondary N) is 4. The summed E-state index contributed by atoms with van der Waals surface area (Å²) in [6.45, 7) is 1.48. The summed E-state index contributed by atoms with van der Waals surface area (Å²) >= 11 is 0. The van der Waals surface area contributed by atoms with Crippen LogP contribution in [0.15, 0.2) is 4.99 Å². The molecule has 4 N–H and O–H groups in total. The monoisotopic (exact) mass is 236 g/mol. The van der Waals surface area contributed by atoms with Gasteiger partial charge in [0, 0.05) is 30.8 Å². The second-order valence-corrected chi connectivity index (χ2v) is 3.49. The molecule has 0 unspecified atom stereocenters. The first kappa shape index (κ1) is 11.3. The zero-order chi connectivity index (χ0) is 12.1. The highest BCUT2D eigenvalue weighted by Crippen LogP contribution is 2.19. The van der Waals surface area contributed by atoms with Crippen molar-refractivity contribution in [2.24, 2.45) is 4.99 Å². The highest BCUT2D eigenvalue weighted by molar-refractivity contribution is 5.89. The number of aliphatic imine (C=N–C) groups is 1. The molecule has 1 aromatic heterocycles. The maximum Gasteiger partial charge on any atom is 0.321 e. The van der Waals surface area contributed by atoms with E-state index in [2.05, 4.69) is 31.1 Å². The number of rotatable bonds is 3. The van der Waals surface area contributed by atoms with Gasteiger partial charge in [0.05, 0.1) is 0 Å². The van der Waals surface area contributed by atoms with Crippen molar-refractivity contribution in [3.8, 4) is 0 Å². The number of hydrogen-bond donors (Lipinski definition) is 4. The van der Waals surface area contributed by atoms with E-state index < -0.39 is 6.03 Å². The molecule has 2 amide bonds. The number of nitrogens with zero attached hydrogens (tertiary/aromatic N) is 2. The van der Waals surface area contributed by atoms with Crippen molar-refractivity contribution in [1.82, 2.24) is 20.8 Å². The van der Waals surface area contributed by atoms with Crippen molar-refractivity contribution in [1.29, 1.82) is 0 Å². The number of amides is 2. The summed E-state index contributed by atoms with van der Waals surface area (Å²) in [5.74, 6) is 0.500. The van der Waals surface area contributed by atoms with Gasteiger partial charge in [0.1, 0.15) is 6.67 Å². The van der Waals surface area contributed by atoms with E-state index in [1.165, 1.54) is 6.08 Å². The van der Waals surface area contributed by atoms with E-state index in [9.17, 15) is 9.59 Å². The number of isocyanates is 1. The van der Waals surface area contributed by atoms with E-state index in [1.54, 1.807) is 0 Å². The van der Waals surface area contributed by atoms with Gasteiger partial charge < -0.3 is 10.6 Å². The third kappa shape index (κ3) is 2.68. The van der Waals surface area contributed by atoms with E-state index in [4.69, 9.17) is 0 Å². The SMILES string of the molecule is O=C=NCNC(=O)Nc1n[nH]c2c1CNCC2. The van der Waals surface area contributed by atoms with Gasteiger partial charge in [-0.15, -0.1) is 0 Å². The number of aromatic amines is 1. The molecule has 0 fully saturated rings. The normalized spacial score (nSPS) is 13.4. The van der Waals surface area contributed by atoms with Crippen molar-refractivity contribution in [2.75, 3.05) is 18.5 Å². The molecule has 0 saturated carbocycles. The zero-order valence-electron chi connectivity index (χ0n) is 9.04. The van der Waals surface area contributed by atoms with Gasteiger partial charge in [-0.3, -0.25) is 10.4 Å². The van der Waals surface area contributed by atoms with E-state index in [-0.39, 0.29) is 6.67 Å². The highest BCUT2D eigenvalue weighted by Gasteiger charge is 2.17. The Morgan fingerprint density at radius 3 is 3.29 bits per heavy atom.